The highest BCUT2D eigenvalue weighted by Crippen LogP contribution is 2.45. The van der Waals surface area contributed by atoms with Crippen LogP contribution in [0.1, 0.15) is 93.7 Å². The molecule has 3 aliphatic heterocycles. The highest BCUT2D eigenvalue weighted by molar-refractivity contribution is 7.91. The summed E-state index contributed by atoms with van der Waals surface area (Å²) in [6.07, 6.45) is 9.11. The average Bonchev–Trinajstić information content (AvgIpc) is 3.91. The third-order valence-electron chi connectivity index (χ3n) is 12.2. The van der Waals surface area contributed by atoms with Crippen LogP contribution in [0.3, 0.4) is 0 Å². The molecule has 6 amide bonds. The van der Waals surface area contributed by atoms with Crippen LogP contribution in [0, 0.1) is 11.8 Å². The number of hydrogen-bond donors (Lipinski definition) is 3. The van der Waals surface area contributed by atoms with Crippen LogP contribution < -0.4 is 15.4 Å². The summed E-state index contributed by atoms with van der Waals surface area (Å²) >= 11 is 0. The highest BCUT2D eigenvalue weighted by atomic mass is 32.2. The van der Waals surface area contributed by atoms with Gasteiger partial charge in [-0.25, -0.2) is 18.0 Å². The van der Waals surface area contributed by atoms with Crippen molar-refractivity contribution in [1.82, 2.24) is 30.1 Å². The monoisotopic (exact) mass is 752 g/mol. The molecular formula is C38H52N6O8S. The Morgan fingerprint density at radius 2 is 1.74 bits per heavy atom. The number of sulfonamides is 1. The second-order valence-electron chi connectivity index (χ2n) is 15.9. The molecule has 4 fully saturated rings. The molecule has 0 unspecified atom stereocenters. The van der Waals surface area contributed by atoms with Crippen molar-refractivity contribution >= 4 is 39.9 Å². The summed E-state index contributed by atoms with van der Waals surface area (Å²) in [5, 5.41) is 5.16. The molecule has 6 aliphatic rings. The lowest BCUT2D eigenvalue weighted by Gasteiger charge is -2.33. The maximum Gasteiger partial charge on any atom is 0.410 e. The molecule has 5 atom stereocenters. The van der Waals surface area contributed by atoms with Gasteiger partial charge in [-0.05, 0) is 74.0 Å². The van der Waals surface area contributed by atoms with Crippen LogP contribution in [0.15, 0.2) is 30.9 Å². The number of amides is 6. The molecule has 14 nitrogen and oxygen atoms in total. The topological polar surface area (TPSA) is 175 Å². The summed E-state index contributed by atoms with van der Waals surface area (Å²) in [5.41, 5.74) is 1.86. The molecule has 3 N–H and O–H groups in total. The first-order chi connectivity index (χ1) is 25.4. The van der Waals surface area contributed by atoms with Crippen LogP contribution in [-0.2, 0) is 48.7 Å². The Morgan fingerprint density at radius 1 is 1.00 bits per heavy atom. The molecule has 3 aliphatic carbocycles. The number of aryl methyl sites for hydroxylation is 1. The van der Waals surface area contributed by atoms with E-state index in [2.05, 4.69) is 28.0 Å². The van der Waals surface area contributed by atoms with E-state index in [0.717, 1.165) is 68.9 Å². The van der Waals surface area contributed by atoms with Crippen molar-refractivity contribution in [2.24, 2.45) is 11.8 Å². The summed E-state index contributed by atoms with van der Waals surface area (Å²) in [4.78, 5) is 74.3. The third-order valence-corrected chi connectivity index (χ3v) is 14.0. The number of benzene rings is 1. The van der Waals surface area contributed by atoms with Crippen molar-refractivity contribution in [1.29, 1.82) is 0 Å². The Kier molecular flexibility index (Phi) is 10.5. The molecular weight excluding hydrogens is 701 g/mol. The van der Waals surface area contributed by atoms with Crippen molar-refractivity contribution in [2.45, 2.75) is 126 Å². The Hall–Kier alpha value is -4.14. The van der Waals surface area contributed by atoms with E-state index in [9.17, 15) is 32.4 Å². The molecule has 15 heteroatoms. The number of carbonyl (C=O) groups is 5. The normalized spacial score (nSPS) is 30.1. The van der Waals surface area contributed by atoms with Crippen LogP contribution in [0.25, 0.3) is 0 Å². The number of fused-ring (bicyclic) bond motifs is 3. The van der Waals surface area contributed by atoms with Gasteiger partial charge in [-0.15, -0.1) is 6.58 Å². The van der Waals surface area contributed by atoms with Gasteiger partial charge in [0.15, 0.2) is 0 Å². The predicted molar refractivity (Wildman–Crippen MR) is 194 cm³/mol. The number of nitrogens with zero attached hydrogens (tertiary/aromatic N) is 3. The molecule has 4 bridgehead atoms. The van der Waals surface area contributed by atoms with Gasteiger partial charge in [0.2, 0.25) is 21.8 Å². The molecule has 1 aromatic rings. The summed E-state index contributed by atoms with van der Waals surface area (Å²) in [6, 6.07) is 3.73. The second kappa shape index (κ2) is 14.9. The second-order valence-corrected chi connectivity index (χ2v) is 17.9. The van der Waals surface area contributed by atoms with E-state index in [1.165, 1.54) is 16.5 Å². The molecule has 3 heterocycles. The minimum Gasteiger partial charge on any atom is -0.444 e. The number of ether oxygens (including phenoxy) is 1. The van der Waals surface area contributed by atoms with Crippen LogP contribution in [0.2, 0.25) is 0 Å². The Balaban J connectivity index is 1.16. The molecule has 288 valence electrons. The van der Waals surface area contributed by atoms with E-state index in [1.807, 2.05) is 12.1 Å². The molecule has 53 heavy (non-hydrogen) atoms. The Morgan fingerprint density at radius 3 is 2.45 bits per heavy atom. The van der Waals surface area contributed by atoms with Crippen LogP contribution in [0.5, 0.6) is 0 Å². The van der Waals surface area contributed by atoms with E-state index < -0.39 is 68.7 Å². The summed E-state index contributed by atoms with van der Waals surface area (Å²) in [5.74, 6) is -2.60. The predicted octanol–water partition coefficient (Wildman–Crippen LogP) is 3.09. The smallest absolute Gasteiger partial charge is 0.410 e. The van der Waals surface area contributed by atoms with Gasteiger partial charge < -0.3 is 25.2 Å². The number of hydrogen-bond acceptors (Lipinski definition) is 8. The van der Waals surface area contributed by atoms with Gasteiger partial charge in [0, 0.05) is 39.0 Å². The highest BCUT2D eigenvalue weighted by Gasteiger charge is 2.62. The minimum atomic E-state index is -3.89. The minimum absolute atomic E-state index is 0.0303. The van der Waals surface area contributed by atoms with E-state index >= 15 is 0 Å². The summed E-state index contributed by atoms with van der Waals surface area (Å²) < 4.78 is 33.6. The zero-order chi connectivity index (χ0) is 37.5. The van der Waals surface area contributed by atoms with Gasteiger partial charge in [-0.3, -0.25) is 24.0 Å². The first kappa shape index (κ1) is 37.2. The number of urea groups is 1. The first-order valence-electron chi connectivity index (χ1n) is 19.3. The van der Waals surface area contributed by atoms with E-state index in [1.54, 1.807) is 16.8 Å². The molecule has 1 aromatic carbocycles. The van der Waals surface area contributed by atoms with Crippen molar-refractivity contribution < 1.29 is 37.1 Å². The van der Waals surface area contributed by atoms with Crippen molar-refractivity contribution in [3.63, 3.8) is 0 Å². The zero-order valence-electron chi connectivity index (χ0n) is 30.5. The van der Waals surface area contributed by atoms with Crippen LogP contribution >= 0.6 is 0 Å². The van der Waals surface area contributed by atoms with Gasteiger partial charge in [0.25, 0.3) is 5.91 Å². The van der Waals surface area contributed by atoms with Crippen molar-refractivity contribution in [3.05, 3.63) is 47.5 Å². The Bertz CT molecular complexity index is 1760. The molecule has 7 rings (SSSR count). The largest absolute Gasteiger partial charge is 0.444 e. The van der Waals surface area contributed by atoms with Crippen LogP contribution in [0.4, 0.5) is 9.59 Å². The zero-order valence-corrected chi connectivity index (χ0v) is 31.3. The van der Waals surface area contributed by atoms with Gasteiger partial charge in [-0.2, -0.15) is 0 Å². The fraction of sp³-hybridized carbons (Fsp3) is 0.658. The maximum absolute atomic E-state index is 14.6. The quantitative estimate of drug-likeness (QED) is 0.357. The summed E-state index contributed by atoms with van der Waals surface area (Å²) in [7, 11) is -2.17. The number of carbonyl (C=O) groups excluding carboxylic acids is 5. The molecule has 3 saturated carbocycles. The summed E-state index contributed by atoms with van der Waals surface area (Å²) in [6.45, 7) is 5.04. The van der Waals surface area contributed by atoms with Gasteiger partial charge in [0.05, 0.1) is 11.8 Å². The SMILES string of the molecule is C=C[C@H]1C[C@]1(NC(=O)[C@@H]1C[C@@H]2CN1C(=O)[C@H](C1CCCC1)NC(=O)N(C)CCCCCCc1cccc3c1CN(C3)C(=O)O2)C(=O)NS(=O)(=O)C1CC1. The lowest BCUT2D eigenvalue weighted by Crippen LogP contribution is -2.59. The van der Waals surface area contributed by atoms with E-state index in [0.29, 0.717) is 32.5 Å². The van der Waals surface area contributed by atoms with E-state index in [4.69, 9.17) is 4.74 Å². The van der Waals surface area contributed by atoms with Crippen LogP contribution in [-0.4, -0.2) is 102 Å². The third kappa shape index (κ3) is 7.76. The van der Waals surface area contributed by atoms with Gasteiger partial charge >= 0.3 is 12.1 Å². The van der Waals surface area contributed by atoms with Crippen molar-refractivity contribution in [2.75, 3.05) is 20.1 Å². The first-order valence-corrected chi connectivity index (χ1v) is 20.8. The Labute approximate surface area is 311 Å². The van der Waals surface area contributed by atoms with Gasteiger partial charge in [-0.1, -0.05) is 50.0 Å². The van der Waals surface area contributed by atoms with E-state index in [-0.39, 0.29) is 31.3 Å². The fourth-order valence-electron chi connectivity index (χ4n) is 8.68. The molecule has 0 aromatic heterocycles. The molecule has 0 spiro atoms. The molecule has 0 radical (unpaired) electrons. The number of nitrogens with one attached hydrogen (secondary N) is 3. The lowest BCUT2D eigenvalue weighted by molar-refractivity contribution is -0.142. The van der Waals surface area contributed by atoms with Gasteiger partial charge in [0.1, 0.15) is 23.7 Å². The fourth-order valence-corrected chi connectivity index (χ4v) is 10.0. The standard InChI is InChI=1S/C38H52N6O8S/c1-3-27-20-38(27,35(47)41-53(50,51)29-16-17-29)40-33(45)31-19-28-22-44(31)34(46)32(25-12-7-8-13-25)39-36(48)42(2)18-9-5-4-6-11-24-14-10-15-26-21-43(23-30(24)26)37(49)52-28/h3,10,14-15,25,27-29,31-32H,1,4-9,11-13,16-23H2,2H3,(H,39,48)(H,40,45)(H,41,47)/t27-,28+,31-,32-,38+/m0/s1. The lowest BCUT2D eigenvalue weighted by atomic mass is 9.96. The maximum atomic E-state index is 14.6. The number of rotatable bonds is 7. The van der Waals surface area contributed by atoms with Crippen molar-refractivity contribution in [3.8, 4) is 0 Å². The molecule has 1 saturated heterocycles. The average molecular weight is 753 g/mol.